The molecule has 0 amide bonds. The molecule has 0 saturated heterocycles. The van der Waals surface area contributed by atoms with Crippen molar-refractivity contribution in [3.05, 3.63) is 58.3 Å². The van der Waals surface area contributed by atoms with Crippen molar-refractivity contribution in [2.75, 3.05) is 6.61 Å². The van der Waals surface area contributed by atoms with Gasteiger partial charge in [0.05, 0.1) is 26.6 Å². The van der Waals surface area contributed by atoms with Gasteiger partial charge in [0.15, 0.2) is 3.79 Å². The van der Waals surface area contributed by atoms with E-state index in [9.17, 15) is 13.5 Å². The molecule has 0 aromatic heterocycles. The standard InChI is InChI=1S/C16H9Br3Cl6O4S/c17-9-1-7(2-10(18)13(9)19)15(26,5-16(23,24)25)6-29-30(27,28)8-3-11(20)14(22)12(21)4-8/h1-4,26H,5-6H2. The maximum Gasteiger partial charge on any atom is 0.297 e. The SMILES string of the molecule is O=S(=O)(OCC(O)(CC(Cl)(Cl)Cl)c1cc(Br)c(Br)c(Br)c1)c1cc(Cl)c(Cl)c(Cl)c1. The van der Waals surface area contributed by atoms with E-state index in [1.165, 1.54) is 12.1 Å². The van der Waals surface area contributed by atoms with Crippen molar-refractivity contribution in [2.24, 2.45) is 0 Å². The molecule has 0 radical (unpaired) electrons. The first kappa shape index (κ1) is 27.7. The molecule has 1 atom stereocenters. The first-order valence-electron chi connectivity index (χ1n) is 7.54. The second kappa shape index (κ2) is 10.4. The summed E-state index contributed by atoms with van der Waals surface area (Å²) < 4.78 is 30.3. The van der Waals surface area contributed by atoms with Crippen molar-refractivity contribution in [1.29, 1.82) is 0 Å². The van der Waals surface area contributed by atoms with E-state index in [-0.39, 0.29) is 25.5 Å². The summed E-state index contributed by atoms with van der Waals surface area (Å²) in [6.07, 6.45) is -0.469. The summed E-state index contributed by atoms with van der Waals surface area (Å²) in [5.74, 6) is 0. The van der Waals surface area contributed by atoms with Crippen LogP contribution in [-0.2, 0) is 19.9 Å². The van der Waals surface area contributed by atoms with Crippen LogP contribution in [0.3, 0.4) is 0 Å². The highest BCUT2D eigenvalue weighted by Crippen LogP contribution is 2.43. The molecule has 0 fully saturated rings. The van der Waals surface area contributed by atoms with Crippen molar-refractivity contribution >= 4 is 128 Å². The van der Waals surface area contributed by atoms with Gasteiger partial charge < -0.3 is 5.11 Å². The Labute approximate surface area is 228 Å². The van der Waals surface area contributed by atoms with E-state index in [1.807, 2.05) is 0 Å². The van der Waals surface area contributed by atoms with Crippen molar-refractivity contribution < 1.29 is 17.7 Å². The molecule has 0 saturated carbocycles. The van der Waals surface area contributed by atoms with Crippen molar-refractivity contribution in [3.63, 3.8) is 0 Å². The Morgan fingerprint density at radius 1 is 0.933 bits per heavy atom. The van der Waals surface area contributed by atoms with Crippen LogP contribution in [0.2, 0.25) is 15.1 Å². The van der Waals surface area contributed by atoms with Gasteiger partial charge in [-0.3, -0.25) is 4.18 Å². The van der Waals surface area contributed by atoms with Gasteiger partial charge in [-0.1, -0.05) is 69.6 Å². The third-order valence-electron chi connectivity index (χ3n) is 3.71. The van der Waals surface area contributed by atoms with Crippen LogP contribution in [0, 0.1) is 0 Å². The molecule has 0 spiro atoms. The Hall–Kier alpha value is 1.49. The fraction of sp³-hybridized carbons (Fsp3) is 0.250. The lowest BCUT2D eigenvalue weighted by molar-refractivity contribution is -0.0142. The summed E-state index contributed by atoms with van der Waals surface area (Å²) in [5, 5.41) is 11.1. The van der Waals surface area contributed by atoms with E-state index in [2.05, 4.69) is 47.8 Å². The number of aliphatic hydroxyl groups is 1. The number of benzene rings is 2. The Balaban J connectivity index is 2.45. The van der Waals surface area contributed by atoms with Gasteiger partial charge in [-0.05, 0) is 77.6 Å². The Morgan fingerprint density at radius 3 is 1.83 bits per heavy atom. The molecule has 2 aromatic carbocycles. The van der Waals surface area contributed by atoms with Gasteiger partial charge in [-0.15, -0.1) is 0 Å². The van der Waals surface area contributed by atoms with Crippen molar-refractivity contribution in [2.45, 2.75) is 20.7 Å². The molecule has 0 aliphatic heterocycles. The monoisotopic (exact) mass is 744 g/mol. The van der Waals surface area contributed by atoms with Gasteiger partial charge in [-0.25, -0.2) is 0 Å². The van der Waals surface area contributed by atoms with Crippen LogP contribution in [0.4, 0.5) is 0 Å². The van der Waals surface area contributed by atoms with Crippen molar-refractivity contribution in [1.82, 2.24) is 0 Å². The van der Waals surface area contributed by atoms with Crippen LogP contribution in [0.25, 0.3) is 0 Å². The lowest BCUT2D eigenvalue weighted by Gasteiger charge is -2.31. The highest BCUT2D eigenvalue weighted by Gasteiger charge is 2.40. The number of hydrogen-bond donors (Lipinski definition) is 1. The summed E-state index contributed by atoms with van der Waals surface area (Å²) in [5.41, 5.74) is -1.76. The summed E-state index contributed by atoms with van der Waals surface area (Å²) >= 11 is 45.3. The topological polar surface area (TPSA) is 63.6 Å². The molecule has 0 aliphatic rings. The minimum absolute atomic E-state index is 0.00504. The highest BCUT2D eigenvalue weighted by atomic mass is 79.9. The summed E-state index contributed by atoms with van der Waals surface area (Å²) in [6, 6.07) is 5.23. The second-order valence-electron chi connectivity index (χ2n) is 5.99. The lowest BCUT2D eigenvalue weighted by atomic mass is 9.92. The molecule has 14 heteroatoms. The molecule has 4 nitrogen and oxygen atoms in total. The molecule has 1 unspecified atom stereocenters. The zero-order valence-corrected chi connectivity index (χ0v) is 24.3. The van der Waals surface area contributed by atoms with Crippen LogP contribution in [0.5, 0.6) is 0 Å². The fourth-order valence-electron chi connectivity index (χ4n) is 2.31. The van der Waals surface area contributed by atoms with E-state index >= 15 is 0 Å². The second-order valence-corrected chi connectivity index (χ2v) is 13.8. The number of halogens is 9. The third kappa shape index (κ3) is 7.00. The summed E-state index contributed by atoms with van der Waals surface area (Å²) in [7, 11) is -4.40. The average molecular weight is 750 g/mol. The minimum Gasteiger partial charge on any atom is -0.383 e. The molecule has 0 heterocycles. The molecule has 1 N–H and O–H groups in total. The predicted molar refractivity (Wildman–Crippen MR) is 133 cm³/mol. The van der Waals surface area contributed by atoms with E-state index in [1.54, 1.807) is 0 Å². The molecule has 2 rings (SSSR count). The first-order chi connectivity index (χ1) is 13.6. The van der Waals surface area contributed by atoms with Gasteiger partial charge >= 0.3 is 0 Å². The molecule has 30 heavy (non-hydrogen) atoms. The summed E-state index contributed by atoms with van der Waals surface area (Å²) in [6.45, 7) is -0.762. The van der Waals surface area contributed by atoms with Crippen molar-refractivity contribution in [3.8, 4) is 0 Å². The van der Waals surface area contributed by atoms with Crippen LogP contribution in [0.1, 0.15) is 12.0 Å². The Morgan fingerprint density at radius 2 is 1.40 bits per heavy atom. The smallest absolute Gasteiger partial charge is 0.297 e. The van der Waals surface area contributed by atoms with Crippen LogP contribution < -0.4 is 0 Å². The Bertz CT molecular complexity index is 1030. The largest absolute Gasteiger partial charge is 0.383 e. The number of hydrogen-bond acceptors (Lipinski definition) is 4. The van der Waals surface area contributed by atoms with Gasteiger partial charge in [-0.2, -0.15) is 8.42 Å². The number of rotatable bonds is 6. The Kier molecular flexibility index (Phi) is 9.62. The van der Waals surface area contributed by atoms with Crippen LogP contribution in [-0.4, -0.2) is 23.9 Å². The van der Waals surface area contributed by atoms with E-state index in [0.29, 0.717) is 13.4 Å². The van der Waals surface area contributed by atoms with E-state index < -0.39 is 32.5 Å². The molecule has 166 valence electrons. The van der Waals surface area contributed by atoms with E-state index in [0.717, 1.165) is 12.1 Å². The van der Waals surface area contributed by atoms with Gasteiger partial charge in [0.1, 0.15) is 5.60 Å². The molecule has 0 bridgehead atoms. The van der Waals surface area contributed by atoms with Crippen LogP contribution >= 0.6 is 117 Å². The zero-order valence-electron chi connectivity index (χ0n) is 14.2. The average Bonchev–Trinajstić information content (AvgIpc) is 2.60. The van der Waals surface area contributed by atoms with E-state index in [4.69, 9.17) is 73.8 Å². The molecular weight excluding hydrogens is 741 g/mol. The summed E-state index contributed by atoms with van der Waals surface area (Å²) in [4.78, 5) is -0.351. The maximum atomic E-state index is 12.7. The third-order valence-corrected chi connectivity index (χ3v) is 9.72. The molecule has 2 aromatic rings. The minimum atomic E-state index is -4.40. The van der Waals surface area contributed by atoms with Gasteiger partial charge in [0.2, 0.25) is 0 Å². The quantitative estimate of drug-likeness (QED) is 0.184. The van der Waals surface area contributed by atoms with Gasteiger partial charge in [0.25, 0.3) is 10.1 Å². The van der Waals surface area contributed by atoms with Crippen LogP contribution in [0.15, 0.2) is 42.6 Å². The zero-order chi connectivity index (χ0) is 23.1. The normalized spacial score (nSPS) is 14.6. The number of alkyl halides is 3. The highest BCUT2D eigenvalue weighted by molar-refractivity contribution is 9.14. The molecular formula is C16H9Br3Cl6O4S. The maximum absolute atomic E-state index is 12.7. The lowest BCUT2D eigenvalue weighted by Crippen LogP contribution is -2.37. The molecule has 0 aliphatic carbocycles. The predicted octanol–water partition coefficient (Wildman–Crippen LogP) is 8.29. The fourth-order valence-corrected chi connectivity index (χ4v) is 6.13. The first-order valence-corrected chi connectivity index (χ1v) is 13.6. The van der Waals surface area contributed by atoms with Gasteiger partial charge in [0, 0.05) is 19.8 Å².